The summed E-state index contributed by atoms with van der Waals surface area (Å²) in [5.41, 5.74) is 0.991. The zero-order chi connectivity index (χ0) is 9.68. The van der Waals surface area contributed by atoms with E-state index in [4.69, 9.17) is 10.6 Å². The molecule has 1 aromatic carbocycles. The second-order valence-electron chi connectivity index (χ2n) is 2.64. The Labute approximate surface area is 77.7 Å². The van der Waals surface area contributed by atoms with E-state index in [1.807, 2.05) is 19.1 Å². The third kappa shape index (κ3) is 2.49. The van der Waals surface area contributed by atoms with Gasteiger partial charge in [-0.15, -0.1) is 0 Å². The average Bonchev–Trinajstić information content (AvgIpc) is 2.16. The van der Waals surface area contributed by atoms with Gasteiger partial charge in [-0.3, -0.25) is 0 Å². The van der Waals surface area contributed by atoms with E-state index < -0.39 is 0 Å². The van der Waals surface area contributed by atoms with Gasteiger partial charge in [0.15, 0.2) is 0 Å². The van der Waals surface area contributed by atoms with Crippen molar-refractivity contribution in [2.45, 2.75) is 6.92 Å². The summed E-state index contributed by atoms with van der Waals surface area (Å²) in [6.45, 7) is 6.00. The van der Waals surface area contributed by atoms with Crippen molar-refractivity contribution in [1.29, 1.82) is 0 Å². The van der Waals surface area contributed by atoms with Gasteiger partial charge in [0.1, 0.15) is 18.1 Å². The Balaban J connectivity index is 2.78. The van der Waals surface area contributed by atoms with E-state index in [9.17, 15) is 0 Å². The van der Waals surface area contributed by atoms with Gasteiger partial charge in [-0.1, -0.05) is 12.7 Å². The molecule has 0 aliphatic heterocycles. The fourth-order valence-electron chi connectivity index (χ4n) is 1.01. The third-order valence-corrected chi connectivity index (χ3v) is 1.64. The molecule has 0 radical (unpaired) electrons. The van der Waals surface area contributed by atoms with Crippen LogP contribution in [0.4, 0.5) is 0 Å². The molecular formula is C10H13NO2. The zero-order valence-corrected chi connectivity index (χ0v) is 7.62. The topological polar surface area (TPSA) is 44.5 Å². The van der Waals surface area contributed by atoms with Crippen LogP contribution < -0.4 is 15.5 Å². The van der Waals surface area contributed by atoms with Gasteiger partial charge < -0.3 is 9.57 Å². The maximum atomic E-state index is 5.37. The lowest BCUT2D eigenvalue weighted by Gasteiger charge is -2.07. The number of benzene rings is 1. The first-order chi connectivity index (χ1) is 6.27. The lowest BCUT2D eigenvalue weighted by molar-refractivity contribution is 0.330. The third-order valence-electron chi connectivity index (χ3n) is 1.64. The molecule has 3 heteroatoms. The van der Waals surface area contributed by atoms with E-state index in [0.29, 0.717) is 12.4 Å². The quantitative estimate of drug-likeness (QED) is 0.566. The Morgan fingerprint density at radius 3 is 2.85 bits per heavy atom. The molecule has 0 saturated carbocycles. The molecule has 0 spiro atoms. The molecule has 0 atom stereocenters. The highest BCUT2D eigenvalue weighted by molar-refractivity contribution is 5.39. The molecule has 1 aromatic rings. The first-order valence-electron chi connectivity index (χ1n) is 3.99. The SMILES string of the molecule is C=CCOc1ccc(ON)cc1C. The van der Waals surface area contributed by atoms with Crippen molar-refractivity contribution < 1.29 is 9.57 Å². The predicted octanol–water partition coefficient (Wildman–Crippen LogP) is 1.81. The molecule has 0 fully saturated rings. The number of ether oxygens (including phenoxy) is 1. The summed E-state index contributed by atoms with van der Waals surface area (Å²) >= 11 is 0. The zero-order valence-electron chi connectivity index (χ0n) is 7.62. The van der Waals surface area contributed by atoms with Crippen molar-refractivity contribution in [3.8, 4) is 11.5 Å². The highest BCUT2D eigenvalue weighted by atomic mass is 16.6. The number of rotatable bonds is 4. The lowest BCUT2D eigenvalue weighted by atomic mass is 10.2. The van der Waals surface area contributed by atoms with Crippen LogP contribution in [-0.4, -0.2) is 6.61 Å². The molecule has 13 heavy (non-hydrogen) atoms. The Kier molecular flexibility index (Phi) is 3.34. The summed E-state index contributed by atoms with van der Waals surface area (Å²) in [4.78, 5) is 4.58. The molecule has 0 unspecified atom stereocenters. The van der Waals surface area contributed by atoms with Gasteiger partial charge in [0.25, 0.3) is 0 Å². The molecule has 2 N–H and O–H groups in total. The maximum absolute atomic E-state index is 5.37. The van der Waals surface area contributed by atoms with Crippen molar-refractivity contribution in [2.75, 3.05) is 6.61 Å². The van der Waals surface area contributed by atoms with Crippen LogP contribution in [0.15, 0.2) is 30.9 Å². The van der Waals surface area contributed by atoms with Gasteiger partial charge in [-0.2, -0.15) is 5.90 Å². The van der Waals surface area contributed by atoms with Crippen LogP contribution >= 0.6 is 0 Å². The largest absolute Gasteiger partial charge is 0.489 e. The van der Waals surface area contributed by atoms with Crippen LogP contribution in [0.25, 0.3) is 0 Å². The molecule has 0 aromatic heterocycles. The fraction of sp³-hybridized carbons (Fsp3) is 0.200. The minimum absolute atomic E-state index is 0.504. The smallest absolute Gasteiger partial charge is 0.147 e. The van der Waals surface area contributed by atoms with E-state index in [2.05, 4.69) is 11.4 Å². The first kappa shape index (κ1) is 9.61. The number of hydrogen-bond acceptors (Lipinski definition) is 3. The van der Waals surface area contributed by atoms with E-state index in [-0.39, 0.29) is 0 Å². The number of nitrogens with two attached hydrogens (primary N) is 1. The standard InChI is InChI=1S/C10H13NO2/c1-3-6-12-10-5-4-9(13-11)7-8(10)2/h3-5,7H,1,6,11H2,2H3. The van der Waals surface area contributed by atoms with Gasteiger partial charge in [-0.05, 0) is 30.7 Å². The summed E-state index contributed by atoms with van der Waals surface area (Å²) in [6.07, 6.45) is 1.70. The van der Waals surface area contributed by atoms with Crippen LogP contribution in [0.5, 0.6) is 11.5 Å². The highest BCUT2D eigenvalue weighted by Crippen LogP contribution is 2.22. The van der Waals surface area contributed by atoms with Crippen LogP contribution in [0.2, 0.25) is 0 Å². The molecule has 0 amide bonds. The van der Waals surface area contributed by atoms with E-state index >= 15 is 0 Å². The second-order valence-corrected chi connectivity index (χ2v) is 2.64. The van der Waals surface area contributed by atoms with Gasteiger partial charge >= 0.3 is 0 Å². The van der Waals surface area contributed by atoms with Crippen molar-refractivity contribution >= 4 is 0 Å². The van der Waals surface area contributed by atoms with Gasteiger partial charge in [0.05, 0.1) is 0 Å². The van der Waals surface area contributed by atoms with Gasteiger partial charge in [0, 0.05) is 0 Å². The van der Waals surface area contributed by atoms with Crippen LogP contribution in [-0.2, 0) is 0 Å². The summed E-state index contributed by atoms with van der Waals surface area (Å²) in [6, 6.07) is 5.39. The summed E-state index contributed by atoms with van der Waals surface area (Å²) < 4.78 is 5.37. The van der Waals surface area contributed by atoms with E-state index in [1.54, 1.807) is 12.1 Å². The molecule has 0 aliphatic rings. The first-order valence-corrected chi connectivity index (χ1v) is 3.99. The van der Waals surface area contributed by atoms with Crippen molar-refractivity contribution in [3.05, 3.63) is 36.4 Å². The van der Waals surface area contributed by atoms with E-state index in [1.165, 1.54) is 0 Å². The Bertz CT molecular complexity index is 297. The molecule has 1 rings (SSSR count). The molecule has 3 nitrogen and oxygen atoms in total. The average molecular weight is 179 g/mol. The minimum atomic E-state index is 0.504. The minimum Gasteiger partial charge on any atom is -0.489 e. The maximum Gasteiger partial charge on any atom is 0.147 e. The van der Waals surface area contributed by atoms with Crippen molar-refractivity contribution in [1.82, 2.24) is 0 Å². The molecular weight excluding hydrogens is 166 g/mol. The Hall–Kier alpha value is -1.48. The molecule has 0 saturated heterocycles. The second kappa shape index (κ2) is 4.52. The summed E-state index contributed by atoms with van der Waals surface area (Å²) in [5.74, 6) is 6.46. The van der Waals surface area contributed by atoms with Crippen LogP contribution in [0, 0.1) is 6.92 Å². The molecule has 0 heterocycles. The lowest BCUT2D eigenvalue weighted by Crippen LogP contribution is -2.02. The van der Waals surface area contributed by atoms with Crippen molar-refractivity contribution in [3.63, 3.8) is 0 Å². The monoisotopic (exact) mass is 179 g/mol. The van der Waals surface area contributed by atoms with Crippen molar-refractivity contribution in [2.24, 2.45) is 5.90 Å². The normalized spacial score (nSPS) is 9.38. The predicted molar refractivity (Wildman–Crippen MR) is 51.7 cm³/mol. The molecule has 70 valence electrons. The van der Waals surface area contributed by atoms with Gasteiger partial charge in [0.2, 0.25) is 0 Å². The number of aryl methyl sites for hydroxylation is 1. The Morgan fingerprint density at radius 2 is 2.31 bits per heavy atom. The highest BCUT2D eigenvalue weighted by Gasteiger charge is 2.00. The molecule has 0 bridgehead atoms. The Morgan fingerprint density at radius 1 is 1.54 bits per heavy atom. The summed E-state index contributed by atoms with van der Waals surface area (Å²) in [7, 11) is 0. The molecule has 0 aliphatic carbocycles. The van der Waals surface area contributed by atoms with E-state index in [0.717, 1.165) is 11.3 Å². The van der Waals surface area contributed by atoms with Gasteiger partial charge in [-0.25, -0.2) is 0 Å². The fourth-order valence-corrected chi connectivity index (χ4v) is 1.01. The van der Waals surface area contributed by atoms with Crippen LogP contribution in [0.1, 0.15) is 5.56 Å². The summed E-state index contributed by atoms with van der Waals surface area (Å²) in [5, 5.41) is 0. The van der Waals surface area contributed by atoms with Crippen LogP contribution in [0.3, 0.4) is 0 Å². The number of hydrogen-bond donors (Lipinski definition) is 1.